The molecule has 0 saturated carbocycles. The van der Waals surface area contributed by atoms with Gasteiger partial charge in [0.05, 0.1) is 0 Å². The summed E-state index contributed by atoms with van der Waals surface area (Å²) in [4.78, 5) is 11.6. The van der Waals surface area contributed by atoms with Crippen LogP contribution in [0.25, 0.3) is 0 Å². The fourth-order valence-corrected chi connectivity index (χ4v) is 2.79. The molecule has 1 aromatic carbocycles. The Bertz CT molecular complexity index is 707. The summed E-state index contributed by atoms with van der Waals surface area (Å²) in [6.45, 7) is 9.75. The lowest BCUT2D eigenvalue weighted by Gasteiger charge is -2.13. The molecule has 0 amide bonds. The first-order valence-corrected chi connectivity index (χ1v) is 8.97. The molecule has 0 fully saturated rings. The average Bonchev–Trinajstić information content (AvgIpc) is 2.53. The van der Waals surface area contributed by atoms with Gasteiger partial charge in [0.2, 0.25) is 0 Å². The van der Waals surface area contributed by atoms with Crippen LogP contribution in [0.3, 0.4) is 0 Å². The van der Waals surface area contributed by atoms with Crippen LogP contribution in [0.4, 0.5) is 0 Å². The summed E-state index contributed by atoms with van der Waals surface area (Å²) in [7, 11) is 0. The molecule has 0 heterocycles. The van der Waals surface area contributed by atoms with Crippen molar-refractivity contribution in [2.45, 2.75) is 59.3 Å². The number of phenols is 2. The fraction of sp³-hybridized carbons (Fsp3) is 0.409. The highest BCUT2D eigenvalue weighted by molar-refractivity contribution is 5.93. The number of unbranched alkanes of at least 4 members (excludes halogenated alkanes) is 1. The molecule has 3 N–H and O–H groups in total. The monoisotopic (exact) mass is 358 g/mol. The molecule has 0 saturated heterocycles. The van der Waals surface area contributed by atoms with Gasteiger partial charge in [-0.15, -0.1) is 6.58 Å². The lowest BCUT2D eigenvalue weighted by molar-refractivity contribution is 0.0692. The van der Waals surface area contributed by atoms with Crippen molar-refractivity contribution in [2.75, 3.05) is 0 Å². The summed E-state index contributed by atoms with van der Waals surface area (Å²) in [5.74, 6) is -1.57. The fourth-order valence-electron chi connectivity index (χ4n) is 2.79. The number of carboxylic acid groups (broad SMARTS) is 1. The van der Waals surface area contributed by atoms with E-state index in [9.17, 15) is 20.1 Å². The Morgan fingerprint density at radius 1 is 1.15 bits per heavy atom. The lowest BCUT2D eigenvalue weighted by Crippen LogP contribution is -2.05. The summed E-state index contributed by atoms with van der Waals surface area (Å²) >= 11 is 0. The van der Waals surface area contributed by atoms with Crippen LogP contribution < -0.4 is 0 Å². The number of hydrogen-bond acceptors (Lipinski definition) is 3. The third kappa shape index (κ3) is 6.43. The Hall–Kier alpha value is -2.49. The molecule has 1 rings (SSSR count). The summed E-state index contributed by atoms with van der Waals surface area (Å²) in [5.41, 5.74) is 3.00. The predicted octanol–water partition coefficient (Wildman–Crippen LogP) is 5.54. The second-order valence-electron chi connectivity index (χ2n) is 6.82. The van der Waals surface area contributed by atoms with Gasteiger partial charge in [0.1, 0.15) is 17.1 Å². The first-order valence-electron chi connectivity index (χ1n) is 8.97. The average molecular weight is 358 g/mol. The third-order valence-corrected chi connectivity index (χ3v) is 4.28. The number of aromatic hydroxyl groups is 2. The molecule has 0 aliphatic carbocycles. The van der Waals surface area contributed by atoms with Crippen molar-refractivity contribution in [3.63, 3.8) is 0 Å². The molecule has 4 heteroatoms. The highest BCUT2D eigenvalue weighted by atomic mass is 16.4. The van der Waals surface area contributed by atoms with Crippen LogP contribution in [0.1, 0.15) is 67.9 Å². The predicted molar refractivity (Wildman–Crippen MR) is 106 cm³/mol. The molecule has 4 nitrogen and oxygen atoms in total. The van der Waals surface area contributed by atoms with E-state index in [1.54, 1.807) is 6.08 Å². The molecule has 0 bridgehead atoms. The van der Waals surface area contributed by atoms with Crippen molar-refractivity contribution in [1.29, 1.82) is 0 Å². The Labute approximate surface area is 156 Å². The maximum Gasteiger partial charge on any atom is 0.339 e. The number of carboxylic acids is 1. The maximum atomic E-state index is 11.6. The van der Waals surface area contributed by atoms with Gasteiger partial charge in [0.25, 0.3) is 0 Å². The van der Waals surface area contributed by atoms with E-state index in [1.165, 1.54) is 11.6 Å². The van der Waals surface area contributed by atoms with Crippen LogP contribution in [0, 0.1) is 0 Å². The van der Waals surface area contributed by atoms with Crippen LogP contribution in [0.2, 0.25) is 0 Å². The first-order chi connectivity index (χ1) is 12.3. The number of allylic oxidation sites excluding steroid dienone is 5. The number of aryl methyl sites for hydroxylation is 1. The largest absolute Gasteiger partial charge is 0.508 e. The zero-order valence-electron chi connectivity index (χ0n) is 16.0. The Balaban J connectivity index is 3.05. The number of phenolic OH excluding ortho intramolecular Hbond substituents is 1. The SMILES string of the molecule is C=CCCCc1cc(O)c(C/C=C(\C)CCC=C(C)C)c(O)c1C(=O)O. The van der Waals surface area contributed by atoms with E-state index >= 15 is 0 Å². The minimum Gasteiger partial charge on any atom is -0.508 e. The second-order valence-corrected chi connectivity index (χ2v) is 6.82. The highest BCUT2D eigenvalue weighted by Crippen LogP contribution is 2.35. The quantitative estimate of drug-likeness (QED) is 0.379. The van der Waals surface area contributed by atoms with Crippen LogP contribution in [-0.4, -0.2) is 21.3 Å². The summed E-state index contributed by atoms with van der Waals surface area (Å²) in [6.07, 6.45) is 9.89. The summed E-state index contributed by atoms with van der Waals surface area (Å²) < 4.78 is 0. The van der Waals surface area contributed by atoms with E-state index in [0.717, 1.165) is 24.8 Å². The Morgan fingerprint density at radius 3 is 2.42 bits per heavy atom. The first kappa shape index (κ1) is 21.6. The minimum absolute atomic E-state index is 0.0607. The van der Waals surface area contributed by atoms with Crippen LogP contribution in [0.15, 0.2) is 42.0 Å². The van der Waals surface area contributed by atoms with Gasteiger partial charge in [-0.1, -0.05) is 29.4 Å². The number of rotatable bonds is 10. The highest BCUT2D eigenvalue weighted by Gasteiger charge is 2.21. The molecular formula is C22H30O4. The smallest absolute Gasteiger partial charge is 0.339 e. The number of hydrogen-bond donors (Lipinski definition) is 3. The molecular weight excluding hydrogens is 328 g/mol. The van der Waals surface area contributed by atoms with Gasteiger partial charge in [-0.2, -0.15) is 0 Å². The van der Waals surface area contributed by atoms with E-state index < -0.39 is 5.97 Å². The third-order valence-electron chi connectivity index (χ3n) is 4.28. The summed E-state index contributed by atoms with van der Waals surface area (Å²) in [5, 5.41) is 30.2. The van der Waals surface area contributed by atoms with Crippen molar-refractivity contribution >= 4 is 5.97 Å². The molecule has 0 unspecified atom stereocenters. The molecule has 0 spiro atoms. The number of carbonyl (C=O) groups is 1. The van der Waals surface area contributed by atoms with Gasteiger partial charge in [-0.3, -0.25) is 0 Å². The molecule has 0 aliphatic rings. The van der Waals surface area contributed by atoms with Gasteiger partial charge in [-0.05, 0) is 70.9 Å². The van der Waals surface area contributed by atoms with Crippen molar-refractivity contribution in [1.82, 2.24) is 0 Å². The van der Waals surface area contributed by atoms with E-state index in [4.69, 9.17) is 0 Å². The normalized spacial score (nSPS) is 11.3. The van der Waals surface area contributed by atoms with E-state index in [1.807, 2.05) is 13.0 Å². The van der Waals surface area contributed by atoms with Gasteiger partial charge in [0.15, 0.2) is 0 Å². The Morgan fingerprint density at radius 2 is 1.85 bits per heavy atom. The topological polar surface area (TPSA) is 77.8 Å². The zero-order valence-corrected chi connectivity index (χ0v) is 16.0. The molecule has 0 radical (unpaired) electrons. The second kappa shape index (κ2) is 10.5. The van der Waals surface area contributed by atoms with Crippen LogP contribution in [0.5, 0.6) is 11.5 Å². The summed E-state index contributed by atoms with van der Waals surface area (Å²) in [6, 6.07) is 1.47. The standard InChI is InChI=1S/C22H30O4/c1-5-6-7-11-17-14-19(23)18(21(24)20(17)22(25)26)13-12-16(4)10-8-9-15(2)3/h5,9,12,14,23-24H,1,6-8,10-11,13H2,2-4H3,(H,25,26)/b16-12+. The lowest BCUT2D eigenvalue weighted by atomic mass is 9.95. The Kier molecular flexibility index (Phi) is 8.70. The van der Waals surface area contributed by atoms with E-state index in [0.29, 0.717) is 24.8 Å². The molecule has 1 aromatic rings. The zero-order chi connectivity index (χ0) is 19.7. The van der Waals surface area contributed by atoms with E-state index in [-0.39, 0.29) is 22.6 Å². The van der Waals surface area contributed by atoms with Crippen molar-refractivity contribution in [3.05, 3.63) is 58.7 Å². The van der Waals surface area contributed by atoms with Gasteiger partial charge < -0.3 is 15.3 Å². The van der Waals surface area contributed by atoms with Gasteiger partial charge >= 0.3 is 5.97 Å². The van der Waals surface area contributed by atoms with E-state index in [2.05, 4.69) is 26.5 Å². The van der Waals surface area contributed by atoms with Crippen LogP contribution >= 0.6 is 0 Å². The van der Waals surface area contributed by atoms with Crippen LogP contribution in [-0.2, 0) is 12.8 Å². The van der Waals surface area contributed by atoms with Gasteiger partial charge in [-0.25, -0.2) is 4.79 Å². The van der Waals surface area contributed by atoms with Gasteiger partial charge in [0, 0.05) is 5.56 Å². The van der Waals surface area contributed by atoms with Crippen molar-refractivity contribution in [3.8, 4) is 11.5 Å². The minimum atomic E-state index is -1.18. The molecule has 0 aliphatic heterocycles. The molecule has 26 heavy (non-hydrogen) atoms. The molecule has 142 valence electrons. The molecule has 0 aromatic heterocycles. The van der Waals surface area contributed by atoms with Crippen molar-refractivity contribution < 1.29 is 20.1 Å². The molecule has 0 atom stereocenters. The maximum absolute atomic E-state index is 11.6. The number of aromatic carboxylic acids is 1. The van der Waals surface area contributed by atoms with Crippen molar-refractivity contribution in [2.24, 2.45) is 0 Å². The number of benzene rings is 1.